The smallest absolute Gasteiger partial charge is 0.170 e. The molecule has 0 saturated heterocycles. The molecule has 0 unspecified atom stereocenters. The summed E-state index contributed by atoms with van der Waals surface area (Å²) in [4.78, 5) is 0. The average Bonchev–Trinajstić information content (AvgIpc) is 2.78. The largest absolute Gasteiger partial charge is 0.331 e. The molecular weight excluding hydrogens is 159 g/mol. The van der Waals surface area contributed by atoms with Gasteiger partial charge in [-0.15, -0.1) is 0 Å². The maximum Gasteiger partial charge on any atom is 0.170 e. The predicted octanol–water partition coefficient (Wildman–Crippen LogP) is 2.68. The van der Waals surface area contributed by atoms with Crippen LogP contribution in [-0.4, -0.2) is 18.4 Å². The van der Waals surface area contributed by atoms with Crippen LogP contribution in [-0.2, 0) is 9.05 Å². The average molecular weight is 174 g/mol. The first-order valence-corrected chi connectivity index (χ1v) is 5.86. The maximum atomic E-state index is 5.70. The van der Waals surface area contributed by atoms with Crippen LogP contribution in [0.5, 0.6) is 0 Å². The Morgan fingerprint density at radius 1 is 1.09 bits per heavy atom. The first kappa shape index (κ1) is 7.97. The third-order valence-corrected chi connectivity index (χ3v) is 3.42. The van der Waals surface area contributed by atoms with E-state index in [9.17, 15) is 0 Å². The highest BCUT2D eigenvalue weighted by Gasteiger charge is 2.31. The van der Waals surface area contributed by atoms with Gasteiger partial charge in [-0.3, -0.25) is 0 Å². The first-order chi connectivity index (χ1) is 5.38. The van der Waals surface area contributed by atoms with Crippen LogP contribution in [0.2, 0.25) is 0 Å². The Kier molecular flexibility index (Phi) is 2.45. The highest BCUT2D eigenvalue weighted by Crippen LogP contribution is 2.49. The Labute approximate surface area is 69.2 Å². The van der Waals surface area contributed by atoms with Crippen molar-refractivity contribution in [3.8, 4) is 0 Å². The standard InChI is InChI=1S/C8H15O2P/c1-2-11(9-7-3-4-7)10-8-5-6-8/h7-8H,2-6H2,1H3. The van der Waals surface area contributed by atoms with Crippen LogP contribution in [0.1, 0.15) is 32.6 Å². The van der Waals surface area contributed by atoms with Gasteiger partial charge in [0.1, 0.15) is 0 Å². The van der Waals surface area contributed by atoms with E-state index in [1.165, 1.54) is 25.7 Å². The third-order valence-electron chi connectivity index (χ3n) is 1.84. The summed E-state index contributed by atoms with van der Waals surface area (Å²) in [7, 11) is -0.512. The second kappa shape index (κ2) is 3.38. The second-order valence-electron chi connectivity index (χ2n) is 3.26. The zero-order valence-electron chi connectivity index (χ0n) is 6.95. The minimum Gasteiger partial charge on any atom is -0.331 e. The van der Waals surface area contributed by atoms with Crippen LogP contribution in [0.15, 0.2) is 0 Å². The molecule has 2 rings (SSSR count). The van der Waals surface area contributed by atoms with Crippen molar-refractivity contribution >= 4 is 8.38 Å². The Hall–Kier alpha value is 0.350. The first-order valence-electron chi connectivity index (χ1n) is 4.49. The van der Waals surface area contributed by atoms with E-state index >= 15 is 0 Å². The third kappa shape index (κ3) is 2.70. The monoisotopic (exact) mass is 174 g/mol. The molecule has 0 aliphatic heterocycles. The number of hydrogen-bond acceptors (Lipinski definition) is 2. The Morgan fingerprint density at radius 3 is 1.82 bits per heavy atom. The molecule has 0 bridgehead atoms. The van der Waals surface area contributed by atoms with Crippen molar-refractivity contribution < 1.29 is 9.05 Å². The summed E-state index contributed by atoms with van der Waals surface area (Å²) in [6.45, 7) is 2.15. The molecule has 64 valence electrons. The fourth-order valence-corrected chi connectivity index (χ4v) is 2.29. The molecule has 2 aliphatic rings. The fraction of sp³-hybridized carbons (Fsp3) is 1.00. The maximum absolute atomic E-state index is 5.70. The van der Waals surface area contributed by atoms with Gasteiger partial charge >= 0.3 is 0 Å². The molecule has 2 saturated carbocycles. The molecule has 0 aromatic heterocycles. The molecule has 2 nitrogen and oxygen atoms in total. The summed E-state index contributed by atoms with van der Waals surface area (Å²) in [6, 6.07) is 0. The van der Waals surface area contributed by atoms with E-state index in [0.717, 1.165) is 6.16 Å². The molecular formula is C8H15O2P. The van der Waals surface area contributed by atoms with E-state index in [-0.39, 0.29) is 0 Å². The molecule has 0 atom stereocenters. The van der Waals surface area contributed by atoms with E-state index in [1.807, 2.05) is 0 Å². The summed E-state index contributed by atoms with van der Waals surface area (Å²) >= 11 is 0. The van der Waals surface area contributed by atoms with Crippen LogP contribution in [0.4, 0.5) is 0 Å². The molecule has 0 spiro atoms. The normalized spacial score (nSPS) is 24.5. The topological polar surface area (TPSA) is 18.5 Å². The van der Waals surface area contributed by atoms with Gasteiger partial charge in [-0.05, 0) is 25.7 Å². The van der Waals surface area contributed by atoms with Crippen LogP contribution >= 0.6 is 8.38 Å². The Balaban J connectivity index is 1.65. The summed E-state index contributed by atoms with van der Waals surface area (Å²) in [6.07, 6.45) is 7.20. The lowest BCUT2D eigenvalue weighted by atomic mass is 10.9. The van der Waals surface area contributed by atoms with Gasteiger partial charge in [0.25, 0.3) is 0 Å². The number of hydrogen-bond donors (Lipinski definition) is 0. The van der Waals surface area contributed by atoms with Gasteiger partial charge < -0.3 is 9.05 Å². The highest BCUT2D eigenvalue weighted by molar-refractivity contribution is 7.47. The molecule has 0 N–H and O–H groups in total. The van der Waals surface area contributed by atoms with E-state index in [0.29, 0.717) is 12.2 Å². The van der Waals surface area contributed by atoms with Gasteiger partial charge in [0.15, 0.2) is 8.38 Å². The zero-order valence-corrected chi connectivity index (χ0v) is 7.85. The predicted molar refractivity (Wildman–Crippen MR) is 45.7 cm³/mol. The molecule has 2 aliphatic carbocycles. The van der Waals surface area contributed by atoms with Crippen molar-refractivity contribution in [3.05, 3.63) is 0 Å². The molecule has 3 heteroatoms. The van der Waals surface area contributed by atoms with Gasteiger partial charge in [0.05, 0.1) is 12.2 Å². The van der Waals surface area contributed by atoms with Gasteiger partial charge in [-0.25, -0.2) is 0 Å². The van der Waals surface area contributed by atoms with E-state index in [4.69, 9.17) is 9.05 Å². The lowest BCUT2D eigenvalue weighted by Gasteiger charge is -2.14. The van der Waals surface area contributed by atoms with E-state index in [2.05, 4.69) is 6.92 Å². The lowest BCUT2D eigenvalue weighted by Crippen LogP contribution is -1.95. The summed E-state index contributed by atoms with van der Waals surface area (Å²) in [5.41, 5.74) is 0. The van der Waals surface area contributed by atoms with Crippen LogP contribution in [0.3, 0.4) is 0 Å². The second-order valence-corrected chi connectivity index (χ2v) is 4.98. The summed E-state index contributed by atoms with van der Waals surface area (Å²) in [5.74, 6) is 0. The molecule has 0 heterocycles. The van der Waals surface area contributed by atoms with Gasteiger partial charge in [-0.2, -0.15) is 0 Å². The minimum absolute atomic E-state index is 0.512. The molecule has 0 radical (unpaired) electrons. The lowest BCUT2D eigenvalue weighted by molar-refractivity contribution is 0.234. The van der Waals surface area contributed by atoms with Crippen molar-refractivity contribution in [3.63, 3.8) is 0 Å². The zero-order chi connectivity index (χ0) is 7.68. The minimum atomic E-state index is -0.512. The summed E-state index contributed by atoms with van der Waals surface area (Å²) in [5, 5.41) is 0. The van der Waals surface area contributed by atoms with Crippen molar-refractivity contribution in [1.82, 2.24) is 0 Å². The SMILES string of the molecule is CCP(OC1CC1)OC1CC1. The van der Waals surface area contributed by atoms with Crippen molar-refractivity contribution in [2.75, 3.05) is 6.16 Å². The van der Waals surface area contributed by atoms with Crippen LogP contribution in [0.25, 0.3) is 0 Å². The number of rotatable bonds is 5. The van der Waals surface area contributed by atoms with E-state index in [1.54, 1.807) is 0 Å². The van der Waals surface area contributed by atoms with Gasteiger partial charge in [0.2, 0.25) is 0 Å². The molecule has 0 aromatic rings. The molecule has 0 amide bonds. The van der Waals surface area contributed by atoms with E-state index < -0.39 is 8.38 Å². The Morgan fingerprint density at radius 2 is 1.55 bits per heavy atom. The van der Waals surface area contributed by atoms with Crippen LogP contribution in [0, 0.1) is 0 Å². The molecule has 0 aromatic carbocycles. The highest BCUT2D eigenvalue weighted by atomic mass is 31.2. The van der Waals surface area contributed by atoms with Gasteiger partial charge in [-0.1, -0.05) is 6.92 Å². The van der Waals surface area contributed by atoms with Crippen molar-refractivity contribution in [2.45, 2.75) is 44.8 Å². The van der Waals surface area contributed by atoms with Crippen molar-refractivity contribution in [2.24, 2.45) is 0 Å². The van der Waals surface area contributed by atoms with Crippen LogP contribution < -0.4 is 0 Å². The molecule has 2 fully saturated rings. The van der Waals surface area contributed by atoms with Crippen molar-refractivity contribution in [1.29, 1.82) is 0 Å². The fourth-order valence-electron chi connectivity index (χ4n) is 0.853. The Bertz CT molecular complexity index is 118. The quantitative estimate of drug-likeness (QED) is 0.596. The van der Waals surface area contributed by atoms with Gasteiger partial charge in [0, 0.05) is 6.16 Å². The summed E-state index contributed by atoms with van der Waals surface area (Å²) < 4.78 is 11.4. The molecule has 11 heavy (non-hydrogen) atoms.